The van der Waals surface area contributed by atoms with Crippen LogP contribution in [0.5, 0.6) is 0 Å². The third kappa shape index (κ3) is 5.73. The fourth-order valence-corrected chi connectivity index (χ4v) is 4.94. The lowest BCUT2D eigenvalue weighted by atomic mass is 10.0. The summed E-state index contributed by atoms with van der Waals surface area (Å²) in [5, 5.41) is 18.3. The minimum Gasteiger partial charge on any atom is -0.352 e. The monoisotopic (exact) mass is 586 g/mol. The lowest BCUT2D eigenvalue weighted by Gasteiger charge is -2.32. The molecular weight excluding hydrogens is 565 g/mol. The summed E-state index contributed by atoms with van der Waals surface area (Å²) < 4.78 is 43.4. The fraction of sp³-hybridized carbons (Fsp3) is 0.280. The average Bonchev–Trinajstić information content (AvgIpc) is 3.54. The molecule has 5 rings (SSSR count). The number of alkyl halides is 3. The number of imidazole rings is 1. The largest absolute Gasteiger partial charge is 0.435 e. The van der Waals surface area contributed by atoms with E-state index in [0.29, 0.717) is 37.2 Å². The average molecular weight is 587 g/mol. The molecule has 4 heterocycles. The second-order valence-electron chi connectivity index (χ2n) is 9.25. The van der Waals surface area contributed by atoms with E-state index >= 15 is 0 Å². The van der Waals surface area contributed by atoms with E-state index in [9.17, 15) is 22.8 Å². The number of urea groups is 1. The summed E-state index contributed by atoms with van der Waals surface area (Å²) in [4.78, 5) is 34.3. The summed E-state index contributed by atoms with van der Waals surface area (Å²) in [6.07, 6.45) is 1.65. The third-order valence-electron chi connectivity index (χ3n) is 6.56. The summed E-state index contributed by atoms with van der Waals surface area (Å²) in [7, 11) is 0. The molecule has 1 aromatic carbocycles. The van der Waals surface area contributed by atoms with Gasteiger partial charge in [-0.3, -0.25) is 13.9 Å². The van der Waals surface area contributed by atoms with Crippen LogP contribution in [0.3, 0.4) is 0 Å². The number of rotatable bonds is 6. The number of hydrogen-bond donors (Lipinski definition) is 3. The molecule has 0 aliphatic carbocycles. The number of piperidine rings is 1. The summed E-state index contributed by atoms with van der Waals surface area (Å²) >= 11 is 6.46. The van der Waals surface area contributed by atoms with E-state index in [2.05, 4.69) is 25.7 Å². The van der Waals surface area contributed by atoms with Crippen LogP contribution in [0.2, 0.25) is 5.02 Å². The van der Waals surface area contributed by atoms with Gasteiger partial charge in [0.2, 0.25) is 0 Å². The number of carbonyl (C=O) groups is 2. The van der Waals surface area contributed by atoms with Crippen molar-refractivity contribution in [2.24, 2.45) is 5.73 Å². The normalized spacial score (nSPS) is 14.2. The standard InChI is InChI=1S/C25H22ClF3N10O2/c26-18-11-15(1-2-16(18)23(40)37-7-3-14(4-8-37)35-24(31)41)34-21-22-33-12-19(39(22)10-6-32-21)17-13-38(9-5-30)36-20(17)25(27,28)29/h1-2,6,10-14H,3-4,7-9H2,(H,32,34)(H3,31,35,41). The number of halogens is 4. The highest BCUT2D eigenvalue weighted by Gasteiger charge is 2.38. The highest BCUT2D eigenvalue weighted by Crippen LogP contribution is 2.37. The molecule has 4 aromatic rings. The molecule has 0 atom stereocenters. The number of fused-ring (bicyclic) bond motifs is 1. The van der Waals surface area contributed by atoms with Gasteiger partial charge in [-0.15, -0.1) is 0 Å². The highest BCUT2D eigenvalue weighted by molar-refractivity contribution is 6.34. The number of likely N-dealkylation sites (tertiary alicyclic amines) is 1. The van der Waals surface area contributed by atoms with Crippen molar-refractivity contribution >= 4 is 40.7 Å². The maximum Gasteiger partial charge on any atom is 0.435 e. The number of anilines is 2. The summed E-state index contributed by atoms with van der Waals surface area (Å²) in [5.41, 5.74) is 4.90. The second-order valence-corrected chi connectivity index (χ2v) is 9.66. The summed E-state index contributed by atoms with van der Waals surface area (Å²) in [6.45, 7) is 0.512. The van der Waals surface area contributed by atoms with E-state index in [1.807, 2.05) is 0 Å². The minimum atomic E-state index is -4.75. The van der Waals surface area contributed by atoms with Gasteiger partial charge in [-0.2, -0.15) is 23.5 Å². The summed E-state index contributed by atoms with van der Waals surface area (Å²) in [6, 6.07) is 5.82. The zero-order valence-electron chi connectivity index (χ0n) is 21.2. The van der Waals surface area contributed by atoms with E-state index in [1.54, 1.807) is 29.2 Å². The summed E-state index contributed by atoms with van der Waals surface area (Å²) in [5.74, 6) is -0.0227. The molecule has 0 bridgehead atoms. The number of nitriles is 1. The molecule has 1 aliphatic rings. The number of benzene rings is 1. The molecule has 41 heavy (non-hydrogen) atoms. The SMILES string of the molecule is N#CCn1cc(-c2cnc3c(Nc4ccc(C(=O)N5CCC(NC(N)=O)CC5)c(Cl)c4)nccn23)c(C(F)(F)F)n1. The van der Waals surface area contributed by atoms with Gasteiger partial charge in [0.1, 0.15) is 6.54 Å². The first kappa shape index (κ1) is 27.7. The number of primary amides is 1. The van der Waals surface area contributed by atoms with E-state index < -0.39 is 17.9 Å². The molecule has 12 nitrogen and oxygen atoms in total. The first-order valence-electron chi connectivity index (χ1n) is 12.3. The van der Waals surface area contributed by atoms with Crippen LogP contribution in [0.15, 0.2) is 43.0 Å². The van der Waals surface area contributed by atoms with Crippen molar-refractivity contribution < 1.29 is 22.8 Å². The van der Waals surface area contributed by atoms with Gasteiger partial charge in [-0.1, -0.05) is 11.6 Å². The van der Waals surface area contributed by atoms with E-state index in [1.165, 1.54) is 23.0 Å². The molecule has 16 heteroatoms. The van der Waals surface area contributed by atoms with Crippen LogP contribution in [0.4, 0.5) is 29.5 Å². The third-order valence-corrected chi connectivity index (χ3v) is 6.87. The second kappa shape index (κ2) is 11.0. The fourth-order valence-electron chi connectivity index (χ4n) is 4.68. The van der Waals surface area contributed by atoms with Gasteiger partial charge in [-0.25, -0.2) is 14.8 Å². The molecule has 3 amide bonds. The quantitative estimate of drug-likeness (QED) is 0.310. The maximum atomic E-state index is 13.7. The van der Waals surface area contributed by atoms with Gasteiger partial charge in [0.05, 0.1) is 34.1 Å². The van der Waals surface area contributed by atoms with Gasteiger partial charge in [0.25, 0.3) is 5.91 Å². The van der Waals surface area contributed by atoms with Crippen molar-refractivity contribution in [1.29, 1.82) is 5.26 Å². The zero-order valence-corrected chi connectivity index (χ0v) is 21.9. The lowest BCUT2D eigenvalue weighted by molar-refractivity contribution is -0.141. The Morgan fingerprint density at radius 3 is 2.63 bits per heavy atom. The number of aromatic nitrogens is 5. The predicted molar refractivity (Wildman–Crippen MR) is 141 cm³/mol. The molecule has 0 saturated carbocycles. The van der Waals surface area contributed by atoms with Crippen LogP contribution >= 0.6 is 11.6 Å². The van der Waals surface area contributed by atoms with Crippen LogP contribution < -0.4 is 16.4 Å². The van der Waals surface area contributed by atoms with Crippen molar-refractivity contribution in [1.82, 2.24) is 34.4 Å². The van der Waals surface area contributed by atoms with E-state index in [-0.39, 0.29) is 46.2 Å². The molecular formula is C25H22ClF3N10O2. The van der Waals surface area contributed by atoms with Crippen LogP contribution in [-0.2, 0) is 12.7 Å². The molecule has 1 saturated heterocycles. The Labute approximate surface area is 235 Å². The highest BCUT2D eigenvalue weighted by atomic mass is 35.5. The van der Waals surface area contributed by atoms with Crippen LogP contribution in [0, 0.1) is 11.3 Å². The molecule has 0 radical (unpaired) electrons. The Balaban J connectivity index is 1.37. The molecule has 1 aliphatic heterocycles. The Morgan fingerprint density at radius 2 is 1.98 bits per heavy atom. The Hall–Kier alpha value is -4.84. The van der Waals surface area contributed by atoms with Crippen LogP contribution in [0.1, 0.15) is 28.9 Å². The van der Waals surface area contributed by atoms with Gasteiger partial charge in [0.15, 0.2) is 17.2 Å². The van der Waals surface area contributed by atoms with Crippen molar-refractivity contribution in [3.05, 3.63) is 59.3 Å². The molecule has 212 valence electrons. The van der Waals surface area contributed by atoms with Crippen molar-refractivity contribution in [3.63, 3.8) is 0 Å². The van der Waals surface area contributed by atoms with Gasteiger partial charge in [0, 0.05) is 43.4 Å². The van der Waals surface area contributed by atoms with Crippen LogP contribution in [-0.4, -0.2) is 60.1 Å². The van der Waals surface area contributed by atoms with Crippen molar-refractivity contribution in [2.75, 3.05) is 18.4 Å². The lowest BCUT2D eigenvalue weighted by Crippen LogP contribution is -2.47. The molecule has 4 N–H and O–H groups in total. The molecule has 1 fully saturated rings. The van der Waals surface area contributed by atoms with Crippen molar-refractivity contribution in [3.8, 4) is 17.3 Å². The number of amides is 3. The van der Waals surface area contributed by atoms with E-state index in [4.69, 9.17) is 22.6 Å². The Bertz CT molecular complexity index is 1670. The number of nitrogens with one attached hydrogen (secondary N) is 2. The molecule has 0 unspecified atom stereocenters. The van der Waals surface area contributed by atoms with Gasteiger partial charge in [-0.05, 0) is 31.0 Å². The molecule has 0 spiro atoms. The first-order valence-corrected chi connectivity index (χ1v) is 12.7. The molecule has 3 aromatic heterocycles. The number of nitrogens with zero attached hydrogens (tertiary/aromatic N) is 7. The Kier molecular flexibility index (Phi) is 7.41. The van der Waals surface area contributed by atoms with E-state index in [0.717, 1.165) is 10.9 Å². The predicted octanol–water partition coefficient (Wildman–Crippen LogP) is 3.81. The minimum absolute atomic E-state index is 0.0919. The number of carbonyl (C=O) groups excluding carboxylic acids is 2. The van der Waals surface area contributed by atoms with Crippen molar-refractivity contribution in [2.45, 2.75) is 31.6 Å². The first-order chi connectivity index (χ1) is 19.5. The van der Waals surface area contributed by atoms with Crippen LogP contribution in [0.25, 0.3) is 16.9 Å². The topological polar surface area (TPSA) is 159 Å². The van der Waals surface area contributed by atoms with Gasteiger partial charge >= 0.3 is 12.2 Å². The number of hydrogen-bond acceptors (Lipinski definition) is 7. The Morgan fingerprint density at radius 1 is 1.22 bits per heavy atom. The zero-order chi connectivity index (χ0) is 29.3. The van der Waals surface area contributed by atoms with Gasteiger partial charge < -0.3 is 21.3 Å². The maximum absolute atomic E-state index is 13.7. The number of nitrogens with two attached hydrogens (primary N) is 1. The smallest absolute Gasteiger partial charge is 0.352 e.